The summed E-state index contributed by atoms with van der Waals surface area (Å²) in [7, 11) is 0. The van der Waals surface area contributed by atoms with Crippen molar-refractivity contribution in [1.82, 2.24) is 15.1 Å². The minimum Gasteiger partial charge on any atom is -0.490 e. The summed E-state index contributed by atoms with van der Waals surface area (Å²) in [5.74, 6) is 2.27. The zero-order valence-corrected chi connectivity index (χ0v) is 16.5. The third-order valence-electron chi connectivity index (χ3n) is 4.48. The minimum atomic E-state index is 0.569. The monoisotopic (exact) mass is 391 g/mol. The number of hydrogen-bond donors (Lipinski definition) is 2. The lowest BCUT2D eigenvalue weighted by molar-refractivity contribution is 0.297. The van der Waals surface area contributed by atoms with Crippen LogP contribution in [0.1, 0.15) is 18.9 Å². The number of hydrogen-bond acceptors (Lipinski definition) is 4. The molecule has 0 amide bonds. The Balaban J connectivity index is 1.44. The number of anilines is 1. The van der Waals surface area contributed by atoms with Crippen LogP contribution in [0.15, 0.2) is 65.9 Å². The molecule has 4 rings (SSSR count). The first kappa shape index (κ1) is 18.9. The molecule has 3 aromatic rings. The SMILES string of the molecule is CCNC(=NCc1ccc(-n2cccn2)cc1)Nc1ccc2c(c1)OCCCO2. The molecule has 0 fully saturated rings. The molecular formula is C22H25N5O2. The van der Waals surface area contributed by atoms with Gasteiger partial charge in [-0.15, -0.1) is 0 Å². The smallest absolute Gasteiger partial charge is 0.196 e. The fourth-order valence-corrected chi connectivity index (χ4v) is 3.03. The molecule has 0 spiro atoms. The summed E-state index contributed by atoms with van der Waals surface area (Å²) in [6.45, 7) is 4.74. The molecule has 0 bridgehead atoms. The van der Waals surface area contributed by atoms with E-state index in [1.54, 1.807) is 6.20 Å². The van der Waals surface area contributed by atoms with Gasteiger partial charge in [0, 0.05) is 37.1 Å². The van der Waals surface area contributed by atoms with E-state index in [0.717, 1.165) is 47.4 Å². The molecule has 1 aliphatic heterocycles. The average molecular weight is 391 g/mol. The molecule has 29 heavy (non-hydrogen) atoms. The Bertz CT molecular complexity index is 952. The molecule has 0 aliphatic carbocycles. The summed E-state index contributed by atoms with van der Waals surface area (Å²) in [4.78, 5) is 4.70. The van der Waals surface area contributed by atoms with Gasteiger partial charge in [0.25, 0.3) is 0 Å². The van der Waals surface area contributed by atoms with Crippen LogP contribution in [-0.4, -0.2) is 35.5 Å². The molecule has 150 valence electrons. The van der Waals surface area contributed by atoms with Gasteiger partial charge in [-0.2, -0.15) is 5.10 Å². The van der Waals surface area contributed by atoms with Crippen LogP contribution < -0.4 is 20.1 Å². The molecule has 2 heterocycles. The van der Waals surface area contributed by atoms with Crippen LogP contribution in [0.5, 0.6) is 11.5 Å². The lowest BCUT2D eigenvalue weighted by Crippen LogP contribution is -2.30. The van der Waals surface area contributed by atoms with Crippen LogP contribution in [0.3, 0.4) is 0 Å². The van der Waals surface area contributed by atoms with E-state index < -0.39 is 0 Å². The van der Waals surface area contributed by atoms with Gasteiger partial charge in [0.2, 0.25) is 0 Å². The number of ether oxygens (including phenoxy) is 2. The lowest BCUT2D eigenvalue weighted by atomic mass is 10.2. The Kier molecular flexibility index (Phi) is 5.95. The molecule has 1 aliphatic rings. The zero-order valence-electron chi connectivity index (χ0n) is 16.5. The van der Waals surface area contributed by atoms with E-state index in [9.17, 15) is 0 Å². The molecule has 0 radical (unpaired) electrons. The maximum atomic E-state index is 5.77. The summed E-state index contributed by atoms with van der Waals surface area (Å²) < 4.78 is 13.3. The fourth-order valence-electron chi connectivity index (χ4n) is 3.03. The van der Waals surface area contributed by atoms with Crippen molar-refractivity contribution in [3.63, 3.8) is 0 Å². The first-order valence-electron chi connectivity index (χ1n) is 9.86. The van der Waals surface area contributed by atoms with Gasteiger partial charge in [-0.3, -0.25) is 0 Å². The Hall–Kier alpha value is -3.48. The van der Waals surface area contributed by atoms with Crippen molar-refractivity contribution < 1.29 is 9.47 Å². The average Bonchev–Trinajstić information content (AvgIpc) is 3.18. The maximum absolute atomic E-state index is 5.77. The molecule has 0 saturated carbocycles. The topological polar surface area (TPSA) is 72.7 Å². The van der Waals surface area contributed by atoms with Crippen LogP contribution in [-0.2, 0) is 6.54 Å². The van der Waals surface area contributed by atoms with Gasteiger partial charge in [-0.25, -0.2) is 9.67 Å². The Labute approximate surface area is 170 Å². The van der Waals surface area contributed by atoms with E-state index in [-0.39, 0.29) is 0 Å². The number of nitrogens with one attached hydrogen (secondary N) is 2. The third-order valence-corrected chi connectivity index (χ3v) is 4.48. The highest BCUT2D eigenvalue weighted by molar-refractivity contribution is 5.93. The van der Waals surface area contributed by atoms with Crippen molar-refractivity contribution in [2.45, 2.75) is 19.9 Å². The predicted molar refractivity (Wildman–Crippen MR) is 114 cm³/mol. The van der Waals surface area contributed by atoms with Crippen LogP contribution in [0.2, 0.25) is 0 Å². The van der Waals surface area contributed by atoms with Gasteiger partial charge in [0.05, 0.1) is 25.4 Å². The minimum absolute atomic E-state index is 0.569. The summed E-state index contributed by atoms with van der Waals surface area (Å²) >= 11 is 0. The highest BCUT2D eigenvalue weighted by Gasteiger charge is 2.11. The normalized spacial score (nSPS) is 13.6. The van der Waals surface area contributed by atoms with Crippen molar-refractivity contribution in [2.24, 2.45) is 4.99 Å². The van der Waals surface area contributed by atoms with Crippen LogP contribution in [0, 0.1) is 0 Å². The molecule has 0 atom stereocenters. The van der Waals surface area contributed by atoms with E-state index >= 15 is 0 Å². The number of fused-ring (bicyclic) bond motifs is 1. The number of guanidine groups is 1. The van der Waals surface area contributed by atoms with Gasteiger partial charge in [-0.1, -0.05) is 12.1 Å². The summed E-state index contributed by atoms with van der Waals surface area (Å²) in [5.41, 5.74) is 3.06. The van der Waals surface area contributed by atoms with E-state index in [2.05, 4.69) is 27.9 Å². The van der Waals surface area contributed by atoms with Gasteiger partial charge in [0.15, 0.2) is 17.5 Å². The van der Waals surface area contributed by atoms with E-state index in [0.29, 0.717) is 19.8 Å². The highest BCUT2D eigenvalue weighted by atomic mass is 16.5. The molecule has 0 saturated heterocycles. The number of aromatic nitrogens is 2. The fraction of sp³-hybridized carbons (Fsp3) is 0.273. The molecule has 7 heteroatoms. The molecule has 2 N–H and O–H groups in total. The van der Waals surface area contributed by atoms with Crippen molar-refractivity contribution in [1.29, 1.82) is 0 Å². The van der Waals surface area contributed by atoms with E-state index in [4.69, 9.17) is 14.5 Å². The van der Waals surface area contributed by atoms with Crippen LogP contribution >= 0.6 is 0 Å². The molecule has 2 aromatic carbocycles. The van der Waals surface area contributed by atoms with E-state index in [1.165, 1.54) is 0 Å². The largest absolute Gasteiger partial charge is 0.490 e. The second kappa shape index (κ2) is 9.14. The number of benzene rings is 2. The van der Waals surface area contributed by atoms with Gasteiger partial charge in [0.1, 0.15) is 0 Å². The number of nitrogens with zero attached hydrogens (tertiary/aromatic N) is 3. The van der Waals surface area contributed by atoms with E-state index in [1.807, 2.05) is 54.2 Å². The molecule has 0 unspecified atom stereocenters. The maximum Gasteiger partial charge on any atom is 0.196 e. The number of aliphatic imine (C=N–C) groups is 1. The quantitative estimate of drug-likeness (QED) is 0.513. The van der Waals surface area contributed by atoms with Crippen molar-refractivity contribution >= 4 is 11.6 Å². The van der Waals surface area contributed by atoms with Crippen LogP contribution in [0.4, 0.5) is 5.69 Å². The summed E-state index contributed by atoms with van der Waals surface area (Å²) in [6, 6.07) is 16.0. The van der Waals surface area contributed by atoms with Gasteiger partial charge in [-0.05, 0) is 42.8 Å². The predicted octanol–water partition coefficient (Wildman–Crippen LogP) is 3.61. The van der Waals surface area contributed by atoms with Gasteiger partial charge >= 0.3 is 0 Å². The zero-order chi connectivity index (χ0) is 19.9. The van der Waals surface area contributed by atoms with Crippen LogP contribution in [0.25, 0.3) is 5.69 Å². The molecule has 1 aromatic heterocycles. The summed E-state index contributed by atoms with van der Waals surface area (Å²) in [5, 5.41) is 10.9. The standard InChI is InChI=1S/C22H25N5O2/c1-2-23-22(26-18-7-10-20-21(15-18)29-14-4-13-28-20)24-16-17-5-8-19(9-6-17)27-12-3-11-25-27/h3,5-12,15H,2,4,13-14,16H2,1H3,(H2,23,24,26). The van der Waals surface area contributed by atoms with Crippen molar-refractivity contribution in [2.75, 3.05) is 25.1 Å². The highest BCUT2D eigenvalue weighted by Crippen LogP contribution is 2.32. The Morgan fingerprint density at radius 1 is 1.10 bits per heavy atom. The molecular weight excluding hydrogens is 366 g/mol. The van der Waals surface area contributed by atoms with Crippen molar-refractivity contribution in [3.8, 4) is 17.2 Å². The molecule has 7 nitrogen and oxygen atoms in total. The van der Waals surface area contributed by atoms with Gasteiger partial charge < -0.3 is 20.1 Å². The number of rotatable bonds is 5. The Morgan fingerprint density at radius 3 is 2.69 bits per heavy atom. The Morgan fingerprint density at radius 2 is 1.93 bits per heavy atom. The first-order chi connectivity index (χ1) is 14.3. The third kappa shape index (κ3) is 4.87. The second-order valence-electron chi connectivity index (χ2n) is 6.65. The summed E-state index contributed by atoms with van der Waals surface area (Å²) in [6.07, 6.45) is 4.59. The van der Waals surface area contributed by atoms with Crippen molar-refractivity contribution in [3.05, 3.63) is 66.5 Å². The second-order valence-corrected chi connectivity index (χ2v) is 6.65. The lowest BCUT2D eigenvalue weighted by Gasteiger charge is -2.14. The first-order valence-corrected chi connectivity index (χ1v) is 9.86.